The van der Waals surface area contributed by atoms with Gasteiger partial charge < -0.3 is 4.52 Å². The van der Waals surface area contributed by atoms with Crippen LogP contribution in [0.4, 0.5) is 0 Å². The lowest BCUT2D eigenvalue weighted by Crippen LogP contribution is -1.79. The van der Waals surface area contributed by atoms with Crippen LogP contribution in [0.25, 0.3) is 0 Å². The van der Waals surface area contributed by atoms with Crippen LogP contribution in [0, 0.1) is 11.3 Å². The second-order valence-corrected chi connectivity index (χ2v) is 8.30. The molecule has 0 spiro atoms. The SMILES string of the molecule is N#CCOP1SCCCCS1. The zero-order chi connectivity index (χ0) is 7.94. The Hall–Kier alpha value is 0.580. The van der Waals surface area contributed by atoms with E-state index in [1.807, 2.05) is 28.8 Å². The van der Waals surface area contributed by atoms with Gasteiger partial charge in [-0.1, -0.05) is 22.8 Å². The molecule has 0 aliphatic carbocycles. The van der Waals surface area contributed by atoms with Crippen molar-refractivity contribution in [3.8, 4) is 6.07 Å². The van der Waals surface area contributed by atoms with Gasteiger partial charge in [0.05, 0.1) is 6.07 Å². The van der Waals surface area contributed by atoms with E-state index >= 15 is 0 Å². The van der Waals surface area contributed by atoms with Crippen molar-refractivity contribution in [1.82, 2.24) is 0 Å². The van der Waals surface area contributed by atoms with E-state index in [1.54, 1.807) is 0 Å². The summed E-state index contributed by atoms with van der Waals surface area (Å²) < 4.78 is 5.34. The third-order valence-corrected chi connectivity index (χ3v) is 7.76. The molecule has 1 rings (SSSR count). The Morgan fingerprint density at radius 3 is 2.55 bits per heavy atom. The van der Waals surface area contributed by atoms with E-state index in [-0.39, 0.29) is 6.61 Å². The number of nitrogens with zero attached hydrogens (tertiary/aromatic N) is 1. The highest BCUT2D eigenvalue weighted by atomic mass is 33.1. The highest BCUT2D eigenvalue weighted by Crippen LogP contribution is 2.63. The van der Waals surface area contributed by atoms with Crippen LogP contribution in [-0.4, -0.2) is 18.1 Å². The molecule has 2 nitrogen and oxygen atoms in total. The number of hydrogen-bond donors (Lipinski definition) is 0. The average Bonchev–Trinajstić information content (AvgIpc) is 2.28. The van der Waals surface area contributed by atoms with Gasteiger partial charge in [-0.25, -0.2) is 0 Å². The number of rotatable bonds is 2. The van der Waals surface area contributed by atoms with E-state index in [4.69, 9.17) is 9.79 Å². The number of nitriles is 1. The van der Waals surface area contributed by atoms with Gasteiger partial charge in [0.2, 0.25) is 0 Å². The van der Waals surface area contributed by atoms with E-state index in [9.17, 15) is 0 Å². The van der Waals surface area contributed by atoms with Crippen molar-refractivity contribution in [2.75, 3.05) is 18.1 Å². The van der Waals surface area contributed by atoms with Crippen molar-refractivity contribution < 1.29 is 4.52 Å². The van der Waals surface area contributed by atoms with Crippen molar-refractivity contribution in [1.29, 1.82) is 5.26 Å². The minimum absolute atomic E-state index is 0.256. The fourth-order valence-electron chi connectivity index (χ4n) is 0.676. The lowest BCUT2D eigenvalue weighted by molar-refractivity contribution is 0.427. The Bertz CT molecular complexity index is 142. The van der Waals surface area contributed by atoms with Crippen molar-refractivity contribution in [3.63, 3.8) is 0 Å². The van der Waals surface area contributed by atoms with Gasteiger partial charge in [-0.3, -0.25) is 0 Å². The summed E-state index contributed by atoms with van der Waals surface area (Å²) in [6.07, 6.45) is 2.60. The van der Waals surface area contributed by atoms with Crippen molar-refractivity contribution in [2.24, 2.45) is 0 Å². The zero-order valence-corrected chi connectivity index (χ0v) is 8.68. The fourth-order valence-corrected chi connectivity index (χ4v) is 6.70. The summed E-state index contributed by atoms with van der Waals surface area (Å²) in [5, 5.41) is 8.28. The van der Waals surface area contributed by atoms with Crippen LogP contribution in [-0.2, 0) is 4.52 Å². The zero-order valence-electron chi connectivity index (χ0n) is 6.15. The summed E-state index contributed by atoms with van der Waals surface area (Å²) in [7, 11) is 0. The van der Waals surface area contributed by atoms with Crippen LogP contribution in [0.3, 0.4) is 0 Å². The molecule has 0 bridgehead atoms. The van der Waals surface area contributed by atoms with Gasteiger partial charge in [-0.2, -0.15) is 5.26 Å². The quantitative estimate of drug-likeness (QED) is 0.652. The van der Waals surface area contributed by atoms with Gasteiger partial charge in [0.25, 0.3) is 0 Å². The maximum atomic E-state index is 8.28. The monoisotopic (exact) mass is 207 g/mol. The highest BCUT2D eigenvalue weighted by molar-refractivity contribution is 8.86. The molecular weight excluding hydrogens is 197 g/mol. The van der Waals surface area contributed by atoms with E-state index in [0.717, 1.165) is 0 Å². The summed E-state index contributed by atoms with van der Waals surface area (Å²) in [4.78, 5) is 0. The fraction of sp³-hybridized carbons (Fsp3) is 0.833. The van der Waals surface area contributed by atoms with E-state index in [0.29, 0.717) is 0 Å². The van der Waals surface area contributed by atoms with Gasteiger partial charge in [-0.05, 0) is 12.8 Å². The molecule has 1 aliphatic heterocycles. The molecule has 0 N–H and O–H groups in total. The predicted octanol–water partition coefficient (Wildman–Crippen LogP) is 3.01. The van der Waals surface area contributed by atoms with Crippen molar-refractivity contribution in [2.45, 2.75) is 12.8 Å². The summed E-state index contributed by atoms with van der Waals surface area (Å²) in [6.45, 7) is -0.138. The summed E-state index contributed by atoms with van der Waals surface area (Å²) in [6, 6.07) is 2.00. The maximum absolute atomic E-state index is 8.28. The van der Waals surface area contributed by atoms with Crippen LogP contribution in [0.5, 0.6) is 0 Å². The first-order chi connectivity index (χ1) is 5.43. The molecule has 0 amide bonds. The predicted molar refractivity (Wildman–Crippen MR) is 52.6 cm³/mol. The Labute approximate surface area is 76.4 Å². The molecule has 0 saturated carbocycles. The lowest BCUT2D eigenvalue weighted by atomic mass is 10.4. The lowest BCUT2D eigenvalue weighted by Gasteiger charge is -2.09. The Morgan fingerprint density at radius 2 is 2.00 bits per heavy atom. The molecule has 11 heavy (non-hydrogen) atoms. The standard InChI is InChI=1S/C6H10NOPS2/c7-3-4-8-9-10-5-1-2-6-11-9/h1-2,4-6H2. The van der Waals surface area contributed by atoms with Gasteiger partial charge >= 0.3 is 0 Å². The first-order valence-electron chi connectivity index (χ1n) is 3.49. The molecule has 62 valence electrons. The largest absolute Gasteiger partial charge is 0.324 e. The van der Waals surface area contributed by atoms with Gasteiger partial charge in [0.15, 0.2) is 6.55 Å². The van der Waals surface area contributed by atoms with Crippen LogP contribution in [0.1, 0.15) is 12.8 Å². The smallest absolute Gasteiger partial charge is 0.152 e. The molecule has 1 aliphatic rings. The van der Waals surface area contributed by atoms with Crippen LogP contribution in [0.15, 0.2) is 0 Å². The Balaban J connectivity index is 2.15. The van der Waals surface area contributed by atoms with Gasteiger partial charge in [0.1, 0.15) is 6.61 Å². The average molecular weight is 207 g/mol. The first-order valence-corrected chi connectivity index (χ1v) is 7.93. The molecular formula is C6H10NOPS2. The van der Waals surface area contributed by atoms with Crippen molar-refractivity contribution in [3.05, 3.63) is 0 Å². The Morgan fingerprint density at radius 1 is 1.36 bits per heavy atom. The van der Waals surface area contributed by atoms with Crippen molar-refractivity contribution >= 4 is 29.3 Å². The molecule has 1 fully saturated rings. The first kappa shape index (κ1) is 9.67. The molecule has 5 heteroatoms. The van der Waals surface area contributed by atoms with Gasteiger partial charge in [-0.15, -0.1) is 0 Å². The second-order valence-electron chi connectivity index (χ2n) is 2.03. The third kappa shape index (κ3) is 4.22. The van der Waals surface area contributed by atoms with Gasteiger partial charge in [0, 0.05) is 11.5 Å². The normalized spacial score (nSPS) is 20.6. The van der Waals surface area contributed by atoms with Crippen LogP contribution < -0.4 is 0 Å². The van der Waals surface area contributed by atoms with E-state index in [2.05, 4.69) is 0 Å². The molecule has 0 radical (unpaired) electrons. The Kier molecular flexibility index (Phi) is 5.39. The van der Waals surface area contributed by atoms with Crippen LogP contribution >= 0.6 is 29.3 Å². The molecule has 1 saturated heterocycles. The summed E-state index contributed by atoms with van der Waals surface area (Å²) >= 11 is 3.76. The molecule has 0 aromatic carbocycles. The molecule has 0 unspecified atom stereocenters. The molecule has 0 atom stereocenters. The van der Waals surface area contributed by atoms with E-state index in [1.165, 1.54) is 24.3 Å². The molecule has 1 heterocycles. The highest BCUT2D eigenvalue weighted by Gasteiger charge is 2.13. The minimum Gasteiger partial charge on any atom is -0.324 e. The maximum Gasteiger partial charge on any atom is 0.152 e. The van der Waals surface area contributed by atoms with E-state index < -0.39 is 6.55 Å². The third-order valence-electron chi connectivity index (χ3n) is 1.17. The molecule has 0 aromatic rings. The summed E-state index contributed by atoms with van der Waals surface area (Å²) in [5.74, 6) is 2.40. The number of hydrogen-bond acceptors (Lipinski definition) is 4. The van der Waals surface area contributed by atoms with Crippen LogP contribution in [0.2, 0.25) is 0 Å². The summed E-state index contributed by atoms with van der Waals surface area (Å²) in [5.41, 5.74) is 0. The molecule has 0 aromatic heterocycles. The second kappa shape index (κ2) is 6.14. The topological polar surface area (TPSA) is 33.0 Å². The minimum atomic E-state index is -0.393.